The number of aryl methyl sites for hydroxylation is 1. The van der Waals surface area contributed by atoms with Gasteiger partial charge < -0.3 is 13.9 Å². The van der Waals surface area contributed by atoms with Crippen molar-refractivity contribution in [3.8, 4) is 0 Å². The molecule has 0 unspecified atom stereocenters. The van der Waals surface area contributed by atoms with Crippen LogP contribution in [-0.2, 0) is 16.0 Å². The van der Waals surface area contributed by atoms with Crippen molar-refractivity contribution in [1.82, 2.24) is 4.90 Å². The predicted molar refractivity (Wildman–Crippen MR) is 76.6 cm³/mol. The fourth-order valence-corrected chi connectivity index (χ4v) is 3.33. The first-order valence-corrected chi connectivity index (χ1v) is 7.41. The Kier molecular flexibility index (Phi) is 4.24. The molecule has 0 amide bonds. The van der Waals surface area contributed by atoms with E-state index in [2.05, 4.69) is 17.5 Å². The zero-order chi connectivity index (χ0) is 13.9. The van der Waals surface area contributed by atoms with Gasteiger partial charge in [0, 0.05) is 12.6 Å². The lowest BCUT2D eigenvalue weighted by Crippen LogP contribution is -2.51. The van der Waals surface area contributed by atoms with Crippen molar-refractivity contribution in [3.63, 3.8) is 0 Å². The zero-order valence-electron chi connectivity index (χ0n) is 12.1. The molecule has 4 heteroatoms. The largest absolute Gasteiger partial charge is 0.465 e. The van der Waals surface area contributed by atoms with Gasteiger partial charge in [0.15, 0.2) is 0 Å². The van der Waals surface area contributed by atoms with Crippen LogP contribution in [-0.4, -0.2) is 42.9 Å². The molecule has 1 aliphatic heterocycles. The highest BCUT2D eigenvalue weighted by molar-refractivity contribution is 5.07. The molecule has 4 nitrogen and oxygen atoms in total. The predicted octanol–water partition coefficient (Wildman–Crippen LogP) is 2.52. The quantitative estimate of drug-likeness (QED) is 0.775. The van der Waals surface area contributed by atoms with Crippen molar-refractivity contribution >= 4 is 0 Å². The molecule has 0 aromatic carbocycles. The van der Waals surface area contributed by atoms with Gasteiger partial charge in [-0.1, -0.05) is 6.08 Å². The molecule has 0 N–H and O–H groups in total. The summed E-state index contributed by atoms with van der Waals surface area (Å²) < 4.78 is 17.5. The maximum atomic E-state index is 5.95. The number of nitrogens with zero attached hydrogens (tertiary/aromatic N) is 1. The van der Waals surface area contributed by atoms with Gasteiger partial charge >= 0.3 is 0 Å². The summed E-state index contributed by atoms with van der Waals surface area (Å²) in [4.78, 5) is 2.48. The van der Waals surface area contributed by atoms with E-state index in [0.29, 0.717) is 12.6 Å². The first kappa shape index (κ1) is 13.9. The average Bonchev–Trinajstić information content (AvgIpc) is 3.04. The molecule has 1 saturated heterocycles. The summed E-state index contributed by atoms with van der Waals surface area (Å²) in [5.74, 6) is 2.02. The Labute approximate surface area is 120 Å². The Balaban J connectivity index is 1.63. The molecule has 0 radical (unpaired) electrons. The molecule has 3 rings (SSSR count). The van der Waals surface area contributed by atoms with Crippen LogP contribution in [0.15, 0.2) is 29.2 Å². The molecule has 1 aromatic rings. The summed E-state index contributed by atoms with van der Waals surface area (Å²) >= 11 is 0. The summed E-state index contributed by atoms with van der Waals surface area (Å²) in [6.45, 7) is 8.91. The molecule has 110 valence electrons. The molecule has 2 fully saturated rings. The van der Waals surface area contributed by atoms with Crippen molar-refractivity contribution < 1.29 is 13.9 Å². The van der Waals surface area contributed by atoms with Gasteiger partial charge in [-0.05, 0) is 31.9 Å². The van der Waals surface area contributed by atoms with Crippen molar-refractivity contribution in [2.75, 3.05) is 19.8 Å². The lowest BCUT2D eigenvalue weighted by molar-refractivity contribution is -0.112. The average molecular weight is 277 g/mol. The second kappa shape index (κ2) is 6.12. The summed E-state index contributed by atoms with van der Waals surface area (Å²) in [6, 6.07) is 4.54. The van der Waals surface area contributed by atoms with Gasteiger partial charge in [0.1, 0.15) is 11.5 Å². The van der Waals surface area contributed by atoms with Gasteiger partial charge in [-0.3, -0.25) is 4.90 Å². The van der Waals surface area contributed by atoms with Crippen LogP contribution in [0.3, 0.4) is 0 Å². The SMILES string of the molecule is C=CCO[C@@H]1CC[C@H]2[C@H]1OCCN2Cc1ccc(C)o1. The van der Waals surface area contributed by atoms with Crippen molar-refractivity contribution in [2.45, 2.75) is 44.6 Å². The molecule has 2 aliphatic rings. The monoisotopic (exact) mass is 277 g/mol. The summed E-state index contributed by atoms with van der Waals surface area (Å²) in [5.41, 5.74) is 0. The van der Waals surface area contributed by atoms with Gasteiger partial charge in [-0.2, -0.15) is 0 Å². The van der Waals surface area contributed by atoms with Gasteiger partial charge in [-0.25, -0.2) is 0 Å². The van der Waals surface area contributed by atoms with E-state index in [0.717, 1.165) is 44.1 Å². The summed E-state index contributed by atoms with van der Waals surface area (Å²) in [6.07, 6.45) is 4.40. The number of morpholine rings is 1. The summed E-state index contributed by atoms with van der Waals surface area (Å²) in [7, 11) is 0. The van der Waals surface area contributed by atoms with Crippen LogP contribution in [0.2, 0.25) is 0 Å². The van der Waals surface area contributed by atoms with Crippen LogP contribution in [0.1, 0.15) is 24.4 Å². The minimum Gasteiger partial charge on any atom is -0.465 e. The van der Waals surface area contributed by atoms with Crippen LogP contribution in [0, 0.1) is 6.92 Å². The first-order valence-electron chi connectivity index (χ1n) is 7.41. The van der Waals surface area contributed by atoms with Crippen molar-refractivity contribution in [3.05, 3.63) is 36.3 Å². The fourth-order valence-electron chi connectivity index (χ4n) is 3.33. The van der Waals surface area contributed by atoms with E-state index in [1.165, 1.54) is 0 Å². The van der Waals surface area contributed by atoms with Crippen LogP contribution in [0.5, 0.6) is 0 Å². The Hall–Kier alpha value is -1.10. The highest BCUT2D eigenvalue weighted by Crippen LogP contribution is 2.33. The van der Waals surface area contributed by atoms with Crippen LogP contribution in [0.25, 0.3) is 0 Å². The Morgan fingerprint density at radius 3 is 3.10 bits per heavy atom. The third-order valence-corrected chi connectivity index (χ3v) is 4.23. The highest BCUT2D eigenvalue weighted by Gasteiger charge is 2.43. The smallest absolute Gasteiger partial charge is 0.118 e. The number of fused-ring (bicyclic) bond motifs is 1. The molecule has 20 heavy (non-hydrogen) atoms. The topological polar surface area (TPSA) is 34.8 Å². The van der Waals surface area contributed by atoms with Crippen molar-refractivity contribution in [2.24, 2.45) is 0 Å². The van der Waals surface area contributed by atoms with E-state index in [1.54, 1.807) is 6.08 Å². The standard InChI is InChI=1S/C16H23NO3/c1-3-9-18-15-7-6-14-16(15)19-10-8-17(14)11-13-5-4-12(2)20-13/h3-5,14-16H,1,6-11H2,2H3/t14-,15+,16+/m0/s1. The second-order valence-corrected chi connectivity index (χ2v) is 5.62. The van der Waals surface area contributed by atoms with E-state index in [9.17, 15) is 0 Å². The lowest BCUT2D eigenvalue weighted by atomic mass is 10.1. The molecule has 2 heterocycles. The van der Waals surface area contributed by atoms with Gasteiger partial charge in [0.05, 0.1) is 32.0 Å². The number of hydrogen-bond donors (Lipinski definition) is 0. The molecular formula is C16H23NO3. The Bertz CT molecular complexity index is 456. The number of ether oxygens (including phenoxy) is 2. The van der Waals surface area contributed by atoms with Crippen LogP contribution < -0.4 is 0 Å². The third kappa shape index (κ3) is 2.82. The zero-order valence-corrected chi connectivity index (χ0v) is 12.1. The molecule has 0 bridgehead atoms. The minimum absolute atomic E-state index is 0.194. The molecule has 3 atom stereocenters. The van der Waals surface area contributed by atoms with E-state index in [1.807, 2.05) is 13.0 Å². The first-order chi connectivity index (χ1) is 9.78. The highest BCUT2D eigenvalue weighted by atomic mass is 16.5. The van der Waals surface area contributed by atoms with Gasteiger partial charge in [0.2, 0.25) is 0 Å². The maximum absolute atomic E-state index is 5.95. The van der Waals surface area contributed by atoms with E-state index in [-0.39, 0.29) is 12.2 Å². The number of furan rings is 1. The number of rotatable bonds is 5. The minimum atomic E-state index is 0.194. The van der Waals surface area contributed by atoms with Gasteiger partial charge in [0.25, 0.3) is 0 Å². The Morgan fingerprint density at radius 2 is 2.35 bits per heavy atom. The molecule has 1 aromatic heterocycles. The maximum Gasteiger partial charge on any atom is 0.118 e. The molecule has 1 saturated carbocycles. The van der Waals surface area contributed by atoms with Crippen LogP contribution >= 0.6 is 0 Å². The lowest BCUT2D eigenvalue weighted by Gasteiger charge is -2.38. The molecular weight excluding hydrogens is 254 g/mol. The van der Waals surface area contributed by atoms with E-state index >= 15 is 0 Å². The van der Waals surface area contributed by atoms with Crippen LogP contribution in [0.4, 0.5) is 0 Å². The fraction of sp³-hybridized carbons (Fsp3) is 0.625. The molecule has 1 aliphatic carbocycles. The van der Waals surface area contributed by atoms with Gasteiger partial charge in [-0.15, -0.1) is 6.58 Å². The summed E-state index contributed by atoms with van der Waals surface area (Å²) in [5, 5.41) is 0. The Morgan fingerprint density at radius 1 is 1.45 bits per heavy atom. The van der Waals surface area contributed by atoms with E-state index < -0.39 is 0 Å². The second-order valence-electron chi connectivity index (χ2n) is 5.62. The normalized spacial score (nSPS) is 30.4. The number of hydrogen-bond acceptors (Lipinski definition) is 4. The van der Waals surface area contributed by atoms with Crippen molar-refractivity contribution in [1.29, 1.82) is 0 Å². The molecule has 0 spiro atoms. The third-order valence-electron chi connectivity index (χ3n) is 4.23. The van der Waals surface area contributed by atoms with E-state index in [4.69, 9.17) is 13.9 Å².